The van der Waals surface area contributed by atoms with Crippen LogP contribution >= 0.6 is 0 Å². The number of carbonyl (C=O) groups excluding carboxylic acids is 2. The Bertz CT molecular complexity index is 1220. The summed E-state index contributed by atoms with van der Waals surface area (Å²) in [5, 5.41) is 2.74. The van der Waals surface area contributed by atoms with Crippen LogP contribution in [0.15, 0.2) is 48.5 Å². The van der Waals surface area contributed by atoms with Crippen molar-refractivity contribution >= 4 is 12.1 Å². The lowest BCUT2D eigenvalue weighted by Crippen LogP contribution is -2.29. The summed E-state index contributed by atoms with van der Waals surface area (Å²) in [6, 6.07) is 16.5. The van der Waals surface area contributed by atoms with Gasteiger partial charge in [0.05, 0.1) is 145 Å². The van der Waals surface area contributed by atoms with Gasteiger partial charge in [-0.3, -0.25) is 4.79 Å². The normalized spacial score (nSPS) is 12.1. The number of fused-ring (bicyclic) bond motifs is 3. The third kappa shape index (κ3) is 21.6. The van der Waals surface area contributed by atoms with Crippen LogP contribution in [-0.2, 0) is 61.6 Å². The molecule has 0 spiro atoms. The number of hydrogen-bond acceptors (Lipinski definition) is 14. The maximum Gasteiger partial charge on any atom is 0.407 e. The zero-order valence-corrected chi connectivity index (χ0v) is 32.4. The van der Waals surface area contributed by atoms with Crippen molar-refractivity contribution in [2.45, 2.75) is 19.3 Å². The van der Waals surface area contributed by atoms with Crippen LogP contribution in [0.25, 0.3) is 11.1 Å². The zero-order chi connectivity index (χ0) is 38.9. The van der Waals surface area contributed by atoms with Crippen LogP contribution in [0.2, 0.25) is 0 Å². The van der Waals surface area contributed by atoms with Gasteiger partial charge in [-0.2, -0.15) is 0 Å². The molecule has 3 rings (SSSR count). The summed E-state index contributed by atoms with van der Waals surface area (Å²) >= 11 is 0. The molecule has 1 N–H and O–H groups in total. The Labute approximate surface area is 325 Å². The molecule has 15 heteroatoms. The molecule has 2 aromatic carbocycles. The fraction of sp³-hybridized carbons (Fsp3) is 0.650. The van der Waals surface area contributed by atoms with Gasteiger partial charge in [-0.1, -0.05) is 48.5 Å². The van der Waals surface area contributed by atoms with E-state index in [0.717, 1.165) is 0 Å². The average molecular weight is 780 g/mol. The number of hydrogen-bond donors (Lipinski definition) is 1. The molecule has 0 bridgehead atoms. The second kappa shape index (κ2) is 31.9. The Balaban J connectivity index is 0.947. The number of rotatable bonds is 36. The van der Waals surface area contributed by atoms with Crippen molar-refractivity contribution in [3.8, 4) is 11.1 Å². The smallest absolute Gasteiger partial charge is 0.407 e. The van der Waals surface area contributed by atoms with Gasteiger partial charge in [-0.25, -0.2) is 4.79 Å². The Morgan fingerprint density at radius 2 is 0.818 bits per heavy atom. The van der Waals surface area contributed by atoms with Gasteiger partial charge in [0.2, 0.25) is 0 Å². The van der Waals surface area contributed by atoms with E-state index < -0.39 is 6.09 Å². The average Bonchev–Trinajstić information content (AvgIpc) is 3.52. The first-order valence-corrected chi connectivity index (χ1v) is 19.2. The topological polar surface area (TPSA) is 157 Å². The number of esters is 1. The first-order chi connectivity index (χ1) is 27.2. The third-order valence-electron chi connectivity index (χ3n) is 7.96. The summed E-state index contributed by atoms with van der Waals surface area (Å²) in [5.74, 6) is -0.222. The van der Waals surface area contributed by atoms with E-state index in [9.17, 15) is 9.59 Å². The van der Waals surface area contributed by atoms with E-state index in [1.165, 1.54) is 22.3 Å². The largest absolute Gasteiger partial charge is 0.466 e. The van der Waals surface area contributed by atoms with Crippen LogP contribution in [0.5, 0.6) is 0 Å². The fourth-order valence-electron chi connectivity index (χ4n) is 5.34. The quantitative estimate of drug-likeness (QED) is 0.0790. The van der Waals surface area contributed by atoms with Gasteiger partial charge in [0.15, 0.2) is 0 Å². The summed E-state index contributed by atoms with van der Waals surface area (Å²) in [6.45, 7) is 11.9. The molecule has 1 aliphatic rings. The molecule has 0 heterocycles. The number of carbonyl (C=O) groups is 2. The van der Waals surface area contributed by atoms with Crippen molar-refractivity contribution < 1.29 is 66.4 Å². The number of alkyl carbamates (subject to hydrolysis) is 1. The van der Waals surface area contributed by atoms with E-state index in [4.69, 9.17) is 56.8 Å². The number of ether oxygens (including phenoxy) is 12. The molecule has 2 aromatic rings. The predicted molar refractivity (Wildman–Crippen MR) is 203 cm³/mol. The highest BCUT2D eigenvalue weighted by Gasteiger charge is 2.28. The predicted octanol–water partition coefficient (Wildman–Crippen LogP) is 3.64. The highest BCUT2D eigenvalue weighted by atomic mass is 16.6. The fourth-order valence-corrected chi connectivity index (χ4v) is 5.34. The maximum absolute atomic E-state index is 12.2. The number of nitrogens with one attached hydrogen (secondary N) is 1. The number of amides is 1. The highest BCUT2D eigenvalue weighted by Crippen LogP contribution is 2.44. The molecule has 0 saturated heterocycles. The SMILES string of the molecule is CCOC(=O)CCOCCOCCOCCOCCOCCOCCOCCOCCOCCOCCNC(=O)OCC1c2ccccc2-c2ccccc21. The zero-order valence-electron chi connectivity index (χ0n) is 32.4. The lowest BCUT2D eigenvalue weighted by atomic mass is 9.98. The lowest BCUT2D eigenvalue weighted by molar-refractivity contribution is -0.144. The molecule has 0 radical (unpaired) electrons. The first-order valence-electron chi connectivity index (χ1n) is 19.2. The van der Waals surface area contributed by atoms with Crippen LogP contribution in [0.1, 0.15) is 30.4 Å². The van der Waals surface area contributed by atoms with Gasteiger partial charge in [0, 0.05) is 12.5 Å². The Morgan fingerprint density at radius 3 is 1.20 bits per heavy atom. The summed E-state index contributed by atoms with van der Waals surface area (Å²) in [5.41, 5.74) is 4.76. The van der Waals surface area contributed by atoms with Crippen molar-refractivity contribution in [1.29, 1.82) is 0 Å². The minimum atomic E-state index is -0.456. The molecular weight excluding hydrogens is 718 g/mol. The Morgan fingerprint density at radius 1 is 0.473 bits per heavy atom. The maximum atomic E-state index is 12.2. The minimum Gasteiger partial charge on any atom is -0.466 e. The van der Waals surface area contributed by atoms with E-state index in [1.807, 2.05) is 24.3 Å². The van der Waals surface area contributed by atoms with Gasteiger partial charge < -0.3 is 62.2 Å². The summed E-state index contributed by atoms with van der Waals surface area (Å²) < 4.78 is 65.0. The molecule has 0 aliphatic heterocycles. The van der Waals surface area contributed by atoms with Crippen LogP contribution in [-0.4, -0.2) is 164 Å². The molecule has 0 unspecified atom stereocenters. The van der Waals surface area contributed by atoms with E-state index in [0.29, 0.717) is 145 Å². The molecule has 1 amide bonds. The molecule has 55 heavy (non-hydrogen) atoms. The van der Waals surface area contributed by atoms with Crippen LogP contribution in [0.3, 0.4) is 0 Å². The van der Waals surface area contributed by atoms with E-state index in [1.54, 1.807) is 6.92 Å². The molecule has 0 aromatic heterocycles. The van der Waals surface area contributed by atoms with Crippen molar-refractivity contribution in [3.05, 3.63) is 59.7 Å². The molecule has 15 nitrogen and oxygen atoms in total. The van der Waals surface area contributed by atoms with Gasteiger partial charge in [0.25, 0.3) is 0 Å². The molecule has 0 fully saturated rings. The summed E-state index contributed by atoms with van der Waals surface area (Å²) in [6.07, 6.45) is -0.205. The minimum absolute atomic E-state index is 0.0336. The van der Waals surface area contributed by atoms with Gasteiger partial charge in [-0.15, -0.1) is 0 Å². The van der Waals surface area contributed by atoms with Gasteiger partial charge >= 0.3 is 12.1 Å². The molecular formula is C40H61NO14. The lowest BCUT2D eigenvalue weighted by Gasteiger charge is -2.14. The monoisotopic (exact) mass is 779 g/mol. The number of benzene rings is 2. The van der Waals surface area contributed by atoms with Crippen LogP contribution < -0.4 is 5.32 Å². The molecule has 310 valence electrons. The Kier molecular flexibility index (Phi) is 26.8. The first kappa shape index (κ1) is 46.2. The van der Waals surface area contributed by atoms with Crippen molar-refractivity contribution in [1.82, 2.24) is 5.32 Å². The van der Waals surface area contributed by atoms with E-state index in [-0.39, 0.29) is 24.9 Å². The standard InChI is InChI=1S/C40H61NO14/c1-2-54-39(42)11-13-44-15-17-46-19-21-48-23-25-50-27-29-52-31-32-53-30-28-51-26-24-49-22-20-47-18-16-45-14-12-41-40(43)55-33-38-36-9-5-3-7-34(36)35-8-4-6-10-37(35)38/h3-10,38H,2,11-33H2,1H3,(H,41,43). The molecule has 1 aliphatic carbocycles. The van der Waals surface area contributed by atoms with Gasteiger partial charge in [0.1, 0.15) is 6.61 Å². The molecule has 0 saturated carbocycles. The second-order valence-electron chi connectivity index (χ2n) is 11.9. The van der Waals surface area contributed by atoms with E-state index in [2.05, 4.69) is 29.6 Å². The van der Waals surface area contributed by atoms with Crippen LogP contribution in [0, 0.1) is 0 Å². The van der Waals surface area contributed by atoms with Crippen LogP contribution in [0.4, 0.5) is 4.79 Å². The molecule has 0 atom stereocenters. The second-order valence-corrected chi connectivity index (χ2v) is 11.9. The van der Waals surface area contributed by atoms with Crippen molar-refractivity contribution in [2.75, 3.05) is 152 Å². The van der Waals surface area contributed by atoms with Crippen molar-refractivity contribution in [3.63, 3.8) is 0 Å². The van der Waals surface area contributed by atoms with E-state index >= 15 is 0 Å². The summed E-state index contributed by atoms with van der Waals surface area (Å²) in [7, 11) is 0. The van der Waals surface area contributed by atoms with Crippen molar-refractivity contribution in [2.24, 2.45) is 0 Å². The third-order valence-corrected chi connectivity index (χ3v) is 7.96. The Hall–Kier alpha value is -3.22. The highest BCUT2D eigenvalue weighted by molar-refractivity contribution is 5.79. The summed E-state index contributed by atoms with van der Waals surface area (Å²) in [4.78, 5) is 23.4. The van der Waals surface area contributed by atoms with Gasteiger partial charge in [-0.05, 0) is 29.2 Å².